The molecule has 15 heavy (non-hydrogen) atoms. The highest BCUT2D eigenvalue weighted by Gasteiger charge is 2.20. The number of halogens is 1. The van der Waals surface area contributed by atoms with Crippen LogP contribution in [0, 0.1) is 5.82 Å². The van der Waals surface area contributed by atoms with E-state index in [0.717, 1.165) is 36.7 Å². The SMILES string of the molecule is CC(CC=O)c1ccc2c(c1F)CCC2. The first-order chi connectivity index (χ1) is 7.24. The molecule has 0 aromatic heterocycles. The van der Waals surface area contributed by atoms with Crippen molar-refractivity contribution < 1.29 is 9.18 Å². The number of aldehydes is 1. The summed E-state index contributed by atoms with van der Waals surface area (Å²) in [5, 5.41) is 0. The Hall–Kier alpha value is -1.18. The maximum atomic E-state index is 14.0. The molecule has 80 valence electrons. The average Bonchev–Trinajstić information content (AvgIpc) is 2.67. The third kappa shape index (κ3) is 1.81. The molecule has 0 fully saturated rings. The Balaban J connectivity index is 2.37. The summed E-state index contributed by atoms with van der Waals surface area (Å²) in [6.45, 7) is 1.90. The fraction of sp³-hybridized carbons (Fsp3) is 0.462. The Morgan fingerprint density at radius 3 is 3.00 bits per heavy atom. The largest absolute Gasteiger partial charge is 0.303 e. The van der Waals surface area contributed by atoms with Crippen LogP contribution in [0.4, 0.5) is 4.39 Å². The molecule has 0 aliphatic heterocycles. The van der Waals surface area contributed by atoms with Crippen LogP contribution >= 0.6 is 0 Å². The molecule has 1 atom stereocenters. The number of rotatable bonds is 3. The van der Waals surface area contributed by atoms with Gasteiger partial charge in [0.15, 0.2) is 0 Å². The Morgan fingerprint density at radius 1 is 1.47 bits per heavy atom. The molecule has 0 saturated heterocycles. The van der Waals surface area contributed by atoms with Crippen molar-refractivity contribution in [3.63, 3.8) is 0 Å². The summed E-state index contributed by atoms with van der Waals surface area (Å²) in [6, 6.07) is 3.86. The van der Waals surface area contributed by atoms with E-state index in [4.69, 9.17) is 0 Å². The second-order valence-electron chi connectivity index (χ2n) is 4.26. The first-order valence-corrected chi connectivity index (χ1v) is 5.47. The highest BCUT2D eigenvalue weighted by Crippen LogP contribution is 2.30. The standard InChI is InChI=1S/C13H15FO/c1-9(7-8-15)11-6-5-10-3-2-4-12(10)13(11)14/h5-6,8-9H,2-4,7H2,1H3. The fourth-order valence-electron chi connectivity index (χ4n) is 2.29. The Bertz CT molecular complexity index is 384. The zero-order valence-corrected chi connectivity index (χ0v) is 8.92. The van der Waals surface area contributed by atoms with E-state index < -0.39 is 0 Å². The number of hydrogen-bond donors (Lipinski definition) is 0. The van der Waals surface area contributed by atoms with Gasteiger partial charge in [-0.2, -0.15) is 0 Å². The van der Waals surface area contributed by atoms with Crippen LogP contribution in [0.3, 0.4) is 0 Å². The van der Waals surface area contributed by atoms with Crippen molar-refractivity contribution in [2.75, 3.05) is 0 Å². The van der Waals surface area contributed by atoms with Crippen LogP contribution in [0.25, 0.3) is 0 Å². The summed E-state index contributed by atoms with van der Waals surface area (Å²) in [4.78, 5) is 10.4. The van der Waals surface area contributed by atoms with Crippen molar-refractivity contribution >= 4 is 6.29 Å². The van der Waals surface area contributed by atoms with Gasteiger partial charge in [-0.25, -0.2) is 4.39 Å². The van der Waals surface area contributed by atoms with Gasteiger partial charge in [0.1, 0.15) is 12.1 Å². The average molecular weight is 206 g/mol. The molecule has 0 bridgehead atoms. The van der Waals surface area contributed by atoms with E-state index in [0.29, 0.717) is 12.0 Å². The van der Waals surface area contributed by atoms with Gasteiger partial charge in [0.25, 0.3) is 0 Å². The smallest absolute Gasteiger partial charge is 0.130 e. The third-order valence-electron chi connectivity index (χ3n) is 3.22. The Labute approximate surface area is 89.3 Å². The van der Waals surface area contributed by atoms with Gasteiger partial charge in [-0.15, -0.1) is 0 Å². The van der Waals surface area contributed by atoms with E-state index in [1.54, 1.807) is 0 Å². The molecule has 0 heterocycles. The molecule has 2 heteroatoms. The second-order valence-corrected chi connectivity index (χ2v) is 4.26. The van der Waals surface area contributed by atoms with Crippen molar-refractivity contribution in [3.05, 3.63) is 34.6 Å². The topological polar surface area (TPSA) is 17.1 Å². The summed E-state index contributed by atoms with van der Waals surface area (Å²) >= 11 is 0. The molecular formula is C13H15FO. The number of fused-ring (bicyclic) bond motifs is 1. The van der Waals surface area contributed by atoms with Gasteiger partial charge in [0.2, 0.25) is 0 Å². The van der Waals surface area contributed by atoms with Crippen LogP contribution in [-0.2, 0) is 17.6 Å². The summed E-state index contributed by atoms with van der Waals surface area (Å²) < 4.78 is 14.0. The van der Waals surface area contributed by atoms with Crippen LogP contribution in [-0.4, -0.2) is 6.29 Å². The van der Waals surface area contributed by atoms with E-state index >= 15 is 0 Å². The van der Waals surface area contributed by atoms with Gasteiger partial charge in [0.05, 0.1) is 0 Å². The second kappa shape index (κ2) is 4.13. The van der Waals surface area contributed by atoms with E-state index in [2.05, 4.69) is 0 Å². The van der Waals surface area contributed by atoms with Gasteiger partial charge in [-0.05, 0) is 41.9 Å². The molecule has 1 aliphatic carbocycles. The minimum Gasteiger partial charge on any atom is -0.303 e. The van der Waals surface area contributed by atoms with Gasteiger partial charge >= 0.3 is 0 Å². The van der Waals surface area contributed by atoms with E-state index in [1.165, 1.54) is 0 Å². The van der Waals surface area contributed by atoms with Crippen molar-refractivity contribution in [2.24, 2.45) is 0 Å². The van der Waals surface area contributed by atoms with Crippen molar-refractivity contribution in [1.29, 1.82) is 0 Å². The first kappa shape index (κ1) is 10.3. The molecule has 1 aromatic rings. The lowest BCUT2D eigenvalue weighted by Crippen LogP contribution is -2.01. The maximum absolute atomic E-state index is 14.0. The first-order valence-electron chi connectivity index (χ1n) is 5.47. The fourth-order valence-corrected chi connectivity index (χ4v) is 2.29. The minimum absolute atomic E-state index is 0.00611. The highest BCUT2D eigenvalue weighted by molar-refractivity contribution is 5.52. The molecule has 0 N–H and O–H groups in total. The molecule has 0 saturated carbocycles. The van der Waals surface area contributed by atoms with Gasteiger partial charge in [0, 0.05) is 6.42 Å². The molecular weight excluding hydrogens is 191 g/mol. The number of carbonyl (C=O) groups is 1. The maximum Gasteiger partial charge on any atom is 0.130 e. The van der Waals surface area contributed by atoms with Crippen LogP contribution in [0.5, 0.6) is 0 Å². The van der Waals surface area contributed by atoms with Crippen molar-refractivity contribution in [3.8, 4) is 0 Å². The Morgan fingerprint density at radius 2 is 2.27 bits per heavy atom. The number of hydrogen-bond acceptors (Lipinski definition) is 1. The normalized spacial score (nSPS) is 16.1. The predicted molar refractivity (Wildman–Crippen MR) is 57.5 cm³/mol. The van der Waals surface area contributed by atoms with Crippen LogP contribution in [0.1, 0.15) is 42.4 Å². The molecule has 0 spiro atoms. The molecule has 0 radical (unpaired) electrons. The van der Waals surface area contributed by atoms with Crippen molar-refractivity contribution in [2.45, 2.75) is 38.5 Å². The van der Waals surface area contributed by atoms with Crippen molar-refractivity contribution in [1.82, 2.24) is 0 Å². The van der Waals surface area contributed by atoms with E-state index in [9.17, 15) is 9.18 Å². The number of carbonyl (C=O) groups excluding carboxylic acids is 1. The van der Waals surface area contributed by atoms with Crippen LogP contribution < -0.4 is 0 Å². The van der Waals surface area contributed by atoms with E-state index in [1.807, 2.05) is 19.1 Å². The summed E-state index contributed by atoms with van der Waals surface area (Å²) in [6.07, 6.45) is 4.15. The summed E-state index contributed by atoms with van der Waals surface area (Å²) in [7, 11) is 0. The summed E-state index contributed by atoms with van der Waals surface area (Å²) in [5.41, 5.74) is 2.72. The minimum atomic E-state index is -0.0700. The lowest BCUT2D eigenvalue weighted by molar-refractivity contribution is -0.108. The van der Waals surface area contributed by atoms with Crippen LogP contribution in [0.15, 0.2) is 12.1 Å². The third-order valence-corrected chi connectivity index (χ3v) is 3.22. The molecule has 1 aromatic carbocycles. The number of benzene rings is 1. The molecule has 1 unspecified atom stereocenters. The van der Waals surface area contributed by atoms with Crippen LogP contribution in [0.2, 0.25) is 0 Å². The lowest BCUT2D eigenvalue weighted by atomic mass is 9.94. The number of aryl methyl sites for hydroxylation is 1. The molecule has 0 amide bonds. The zero-order valence-electron chi connectivity index (χ0n) is 8.92. The lowest BCUT2D eigenvalue weighted by Gasteiger charge is -2.12. The van der Waals surface area contributed by atoms with Gasteiger partial charge in [-0.3, -0.25) is 0 Å². The molecule has 2 rings (SSSR count). The van der Waals surface area contributed by atoms with Gasteiger partial charge in [-0.1, -0.05) is 19.1 Å². The van der Waals surface area contributed by atoms with E-state index in [-0.39, 0.29) is 11.7 Å². The predicted octanol–water partition coefficient (Wildman–Crippen LogP) is 3.01. The highest BCUT2D eigenvalue weighted by atomic mass is 19.1. The molecule has 1 nitrogen and oxygen atoms in total. The quantitative estimate of drug-likeness (QED) is 0.695. The summed E-state index contributed by atoms with van der Waals surface area (Å²) in [5.74, 6) is -0.0762. The van der Waals surface area contributed by atoms with Gasteiger partial charge < -0.3 is 4.79 Å². The monoisotopic (exact) mass is 206 g/mol. The molecule has 1 aliphatic rings. The Kier molecular flexibility index (Phi) is 2.85. The zero-order chi connectivity index (χ0) is 10.8.